The summed E-state index contributed by atoms with van der Waals surface area (Å²) in [6, 6.07) is 0. The molecule has 0 saturated heterocycles. The summed E-state index contributed by atoms with van der Waals surface area (Å²) in [7, 11) is 2.56. The Morgan fingerprint density at radius 1 is 1.25 bits per heavy atom. The van der Waals surface area contributed by atoms with Gasteiger partial charge in [0.25, 0.3) is 0 Å². The number of rotatable bonds is 0. The minimum Gasteiger partial charge on any atom is -0.210 e. The maximum absolute atomic E-state index is 2.56. The first kappa shape index (κ1) is 16.7. The van der Waals surface area contributed by atoms with Crippen molar-refractivity contribution in [3.05, 3.63) is 0 Å². The van der Waals surface area contributed by atoms with Crippen LogP contribution in [0.1, 0.15) is 0 Å². The molecule has 4 heavy (non-hydrogen) atoms. The van der Waals surface area contributed by atoms with Gasteiger partial charge in [-0.25, -0.2) is 7.89 Å². The van der Waals surface area contributed by atoms with Gasteiger partial charge >= 0.3 is 0 Å². The molecule has 0 aliphatic carbocycles. The molecular weight excluding hydrogens is 169 g/mol. The summed E-state index contributed by atoms with van der Waals surface area (Å²) in [6.07, 6.45) is 0. The molecule has 0 spiro atoms. The Labute approximate surface area is 57.7 Å². The molecule has 0 nitrogen and oxygen atoms in total. The van der Waals surface area contributed by atoms with Crippen LogP contribution in [0.4, 0.5) is 0 Å². The summed E-state index contributed by atoms with van der Waals surface area (Å²) in [5.41, 5.74) is 0. The van der Waals surface area contributed by atoms with Crippen LogP contribution in [-0.2, 0) is 34.1 Å². The van der Waals surface area contributed by atoms with Gasteiger partial charge in [-0.15, -0.1) is 0 Å². The predicted molar refractivity (Wildman–Crippen MR) is 18.3 cm³/mol. The molecule has 1 atom stereocenters. The zero-order valence-corrected chi connectivity index (χ0v) is 7.75. The van der Waals surface area contributed by atoms with Crippen molar-refractivity contribution in [2.75, 3.05) is 0 Å². The molecule has 0 aromatic heterocycles. The summed E-state index contributed by atoms with van der Waals surface area (Å²) in [6.45, 7) is 0. The summed E-state index contributed by atoms with van der Waals surface area (Å²) in [5.74, 6) is 0. The molecule has 0 heterocycles. The van der Waals surface area contributed by atoms with Gasteiger partial charge in [-0.3, -0.25) is 0 Å². The number of hydrogen-bond donors (Lipinski definition) is 0. The minimum atomic E-state index is 0. The van der Waals surface area contributed by atoms with E-state index in [4.69, 9.17) is 0 Å². The molecule has 0 bridgehead atoms. The van der Waals surface area contributed by atoms with Gasteiger partial charge in [0.15, 0.2) is 0 Å². The van der Waals surface area contributed by atoms with Gasteiger partial charge in [0.1, 0.15) is 0 Å². The third-order valence-corrected chi connectivity index (χ3v) is 0. The van der Waals surface area contributed by atoms with Crippen molar-refractivity contribution in [1.82, 2.24) is 0 Å². The van der Waals surface area contributed by atoms with E-state index in [0.29, 0.717) is 0 Å². The Morgan fingerprint density at radius 3 is 1.25 bits per heavy atom. The fourth-order valence-corrected chi connectivity index (χ4v) is 0. The third kappa shape index (κ3) is 9.00. The van der Waals surface area contributed by atoms with E-state index in [2.05, 4.69) is 7.89 Å². The quantitative estimate of drug-likeness (QED) is 0.339. The zero-order valence-electron chi connectivity index (χ0n) is 2.31. The van der Waals surface area contributed by atoms with E-state index in [9.17, 15) is 0 Å². The monoisotopic (exact) mass is 173 g/mol. The van der Waals surface area contributed by atoms with Gasteiger partial charge in [0, 0.05) is 34.1 Å². The van der Waals surface area contributed by atoms with Crippen molar-refractivity contribution in [3.63, 3.8) is 0 Å². The minimum absolute atomic E-state index is 0. The van der Waals surface area contributed by atoms with Crippen LogP contribution in [0, 0.1) is 0 Å². The fourth-order valence-electron chi connectivity index (χ4n) is 0. The molecule has 0 aliphatic rings. The van der Waals surface area contributed by atoms with Crippen LogP contribution in [0.2, 0.25) is 0 Å². The van der Waals surface area contributed by atoms with Crippen molar-refractivity contribution in [1.29, 1.82) is 0 Å². The molecule has 0 aliphatic heterocycles. The second-order valence-electron chi connectivity index (χ2n) is 0. The van der Waals surface area contributed by atoms with E-state index < -0.39 is 0 Å². The van der Waals surface area contributed by atoms with Crippen molar-refractivity contribution in [2.24, 2.45) is 0 Å². The van der Waals surface area contributed by atoms with Gasteiger partial charge in [-0.1, -0.05) is 0 Å². The number of hydrogen-bond acceptors (Lipinski definition) is 0. The van der Waals surface area contributed by atoms with E-state index in [1.54, 1.807) is 0 Å². The van der Waals surface area contributed by atoms with Gasteiger partial charge in [-0.05, 0) is 0 Å². The summed E-state index contributed by atoms with van der Waals surface area (Å²) < 4.78 is 0. The molecule has 0 rings (SSSR count). The van der Waals surface area contributed by atoms with Crippen LogP contribution in [0.5, 0.6) is 0 Å². The van der Waals surface area contributed by atoms with E-state index >= 15 is 0 Å². The van der Waals surface area contributed by atoms with Gasteiger partial charge in [-0.2, -0.15) is 0 Å². The Bertz CT molecular complexity index is 8.00. The Hall–Kier alpha value is 2.00. The fraction of sp³-hybridized carbons (Fsp3) is 0. The standard InChI is InChI=1S/Al.Fe.Mn.H2P.2H/h;;;1H2;;/q+1;;;-1;;. The molecule has 0 amide bonds. The molecule has 27 valence electrons. The second kappa shape index (κ2) is 20.0. The molecule has 0 fully saturated rings. The van der Waals surface area contributed by atoms with Gasteiger partial charge < -0.3 is 0 Å². The Kier molecular flexibility index (Phi) is 83.3. The van der Waals surface area contributed by atoms with Gasteiger partial charge in [0.05, 0.1) is 0 Å². The van der Waals surface area contributed by atoms with Crippen LogP contribution in [0.3, 0.4) is 0 Å². The Balaban J connectivity index is -0.00000000500. The third-order valence-electron chi connectivity index (χ3n) is 0. The molecular formula is H4AlFeMnP. The summed E-state index contributed by atoms with van der Waals surface area (Å²) in [5, 5.41) is 0. The van der Waals surface area contributed by atoms with Crippen LogP contribution >= 0.6 is 7.89 Å². The normalized spacial score (nSPS) is 1.25. The molecule has 0 aromatic carbocycles. The zero-order chi connectivity index (χ0) is 2.00. The largest absolute Gasteiger partial charge is 0.243 e. The second-order valence-corrected chi connectivity index (χ2v) is 0. The molecule has 0 saturated carbocycles. The first-order valence-corrected chi connectivity index (χ1v) is 5.20. The van der Waals surface area contributed by atoms with Crippen molar-refractivity contribution >= 4 is 23.7 Å². The van der Waals surface area contributed by atoms with Crippen LogP contribution in [0.25, 0.3) is 0 Å². The molecule has 1 unspecified atom stereocenters. The average molecular weight is 173 g/mol. The summed E-state index contributed by atoms with van der Waals surface area (Å²) >= 11 is 1.22. The SMILES string of the molecule is [AlH2][PH2].[Fe].[Mn]. The predicted octanol–water partition coefficient (Wildman–Crippen LogP) is -0.595. The molecule has 0 N–H and O–H groups in total. The first-order valence-electron chi connectivity index (χ1n) is 0.577. The van der Waals surface area contributed by atoms with Crippen molar-refractivity contribution < 1.29 is 34.1 Å². The molecule has 1 radical (unpaired) electrons. The van der Waals surface area contributed by atoms with Crippen LogP contribution < -0.4 is 0 Å². The maximum Gasteiger partial charge on any atom is 0.243 e. The van der Waals surface area contributed by atoms with Crippen LogP contribution in [-0.4, -0.2) is 15.8 Å². The van der Waals surface area contributed by atoms with Gasteiger partial charge in [0.2, 0.25) is 15.8 Å². The Morgan fingerprint density at radius 2 is 1.25 bits per heavy atom. The van der Waals surface area contributed by atoms with E-state index in [1.807, 2.05) is 0 Å². The molecule has 0 aromatic rings. The maximum atomic E-state index is 2.56. The van der Waals surface area contributed by atoms with E-state index in [-0.39, 0.29) is 34.1 Å². The van der Waals surface area contributed by atoms with E-state index in [1.165, 1.54) is 15.8 Å². The van der Waals surface area contributed by atoms with E-state index in [0.717, 1.165) is 0 Å². The van der Waals surface area contributed by atoms with Crippen molar-refractivity contribution in [3.8, 4) is 0 Å². The van der Waals surface area contributed by atoms with Crippen molar-refractivity contribution in [2.45, 2.75) is 0 Å². The first-order chi connectivity index (χ1) is 1.00. The topological polar surface area (TPSA) is 0 Å². The average Bonchev–Trinajstić information content (AvgIpc) is 1.00. The smallest absolute Gasteiger partial charge is 0.210 e. The van der Waals surface area contributed by atoms with Crippen LogP contribution in [0.15, 0.2) is 0 Å². The summed E-state index contributed by atoms with van der Waals surface area (Å²) in [4.78, 5) is 0. The molecule has 4 heteroatoms.